The number of halogens is 1. The van der Waals surface area contributed by atoms with Gasteiger partial charge in [0.05, 0.1) is 12.1 Å². The quantitative estimate of drug-likeness (QED) is 0.739. The molecular weight excluding hydrogens is 334 g/mol. The summed E-state index contributed by atoms with van der Waals surface area (Å²) in [6.45, 7) is 4.49. The molecule has 0 aliphatic rings. The van der Waals surface area contributed by atoms with Crippen LogP contribution in [-0.4, -0.2) is 21.7 Å². The lowest BCUT2D eigenvalue weighted by atomic mass is 10.1. The van der Waals surface area contributed by atoms with E-state index in [1.54, 1.807) is 23.0 Å². The molecule has 2 aromatic carbocycles. The summed E-state index contributed by atoms with van der Waals surface area (Å²) in [5.74, 6) is -0.126. The molecular formula is C20H20ClN3O. The van der Waals surface area contributed by atoms with Crippen molar-refractivity contribution in [2.24, 2.45) is 0 Å². The molecule has 0 aliphatic heterocycles. The molecule has 1 heterocycles. The first-order chi connectivity index (χ1) is 12.0. The zero-order valence-electron chi connectivity index (χ0n) is 14.2. The maximum absolute atomic E-state index is 12.6. The largest absolute Gasteiger partial charge is 0.350 e. The summed E-state index contributed by atoms with van der Waals surface area (Å²) in [4.78, 5) is 12.6. The first kappa shape index (κ1) is 17.2. The Morgan fingerprint density at radius 2 is 1.80 bits per heavy atom. The molecule has 0 unspecified atom stereocenters. The van der Waals surface area contributed by atoms with Crippen molar-refractivity contribution >= 4 is 17.5 Å². The van der Waals surface area contributed by atoms with E-state index in [1.807, 2.05) is 56.3 Å². The van der Waals surface area contributed by atoms with Crippen LogP contribution in [-0.2, 0) is 6.54 Å². The third-order valence-electron chi connectivity index (χ3n) is 3.73. The summed E-state index contributed by atoms with van der Waals surface area (Å²) in [5, 5.41) is 8.24. The molecule has 1 N–H and O–H groups in total. The van der Waals surface area contributed by atoms with Gasteiger partial charge < -0.3 is 5.32 Å². The summed E-state index contributed by atoms with van der Waals surface area (Å²) < 4.78 is 1.80. The molecule has 3 rings (SSSR count). The zero-order chi connectivity index (χ0) is 17.8. The van der Waals surface area contributed by atoms with Crippen LogP contribution >= 0.6 is 11.6 Å². The van der Waals surface area contributed by atoms with Crippen molar-refractivity contribution in [3.8, 4) is 11.3 Å². The Kier molecular flexibility index (Phi) is 5.19. The molecule has 5 heteroatoms. The van der Waals surface area contributed by atoms with Gasteiger partial charge >= 0.3 is 0 Å². The van der Waals surface area contributed by atoms with Gasteiger partial charge in [-0.1, -0.05) is 54.1 Å². The summed E-state index contributed by atoms with van der Waals surface area (Å²) in [7, 11) is 0. The summed E-state index contributed by atoms with van der Waals surface area (Å²) in [6.07, 6.45) is 1.80. The third kappa shape index (κ3) is 4.28. The summed E-state index contributed by atoms with van der Waals surface area (Å²) >= 11 is 5.98. The molecule has 3 aromatic rings. The lowest BCUT2D eigenvalue weighted by molar-refractivity contribution is 0.0943. The average molecular weight is 354 g/mol. The fourth-order valence-corrected chi connectivity index (χ4v) is 2.73. The minimum atomic E-state index is -0.126. The Morgan fingerprint density at radius 1 is 1.12 bits per heavy atom. The molecule has 4 nitrogen and oxygen atoms in total. The van der Waals surface area contributed by atoms with Crippen LogP contribution in [0.15, 0.2) is 60.8 Å². The number of carbonyl (C=O) groups is 1. The number of rotatable bonds is 5. The molecule has 0 bridgehead atoms. The van der Waals surface area contributed by atoms with Gasteiger partial charge in [0.25, 0.3) is 5.91 Å². The molecule has 1 amide bonds. The van der Waals surface area contributed by atoms with Crippen LogP contribution in [0.2, 0.25) is 5.02 Å². The van der Waals surface area contributed by atoms with Crippen molar-refractivity contribution < 1.29 is 4.79 Å². The maximum Gasteiger partial charge on any atom is 0.255 e. The zero-order valence-corrected chi connectivity index (χ0v) is 15.0. The van der Waals surface area contributed by atoms with Crippen LogP contribution in [0.4, 0.5) is 0 Å². The van der Waals surface area contributed by atoms with Gasteiger partial charge in [-0.05, 0) is 31.5 Å². The predicted octanol–water partition coefficient (Wildman–Crippen LogP) is 4.39. The Hall–Kier alpha value is -2.59. The predicted molar refractivity (Wildman–Crippen MR) is 101 cm³/mol. The maximum atomic E-state index is 12.6. The molecule has 128 valence electrons. The van der Waals surface area contributed by atoms with Crippen LogP contribution in [0, 0.1) is 0 Å². The van der Waals surface area contributed by atoms with Crippen LogP contribution < -0.4 is 5.32 Å². The molecule has 0 radical (unpaired) electrons. The molecule has 1 aromatic heterocycles. The van der Waals surface area contributed by atoms with E-state index in [0.29, 0.717) is 22.8 Å². The van der Waals surface area contributed by atoms with E-state index in [4.69, 9.17) is 11.6 Å². The fourth-order valence-electron chi connectivity index (χ4n) is 2.60. The smallest absolute Gasteiger partial charge is 0.255 e. The highest BCUT2D eigenvalue weighted by Gasteiger charge is 2.18. The van der Waals surface area contributed by atoms with Gasteiger partial charge in [0.1, 0.15) is 5.69 Å². The minimum Gasteiger partial charge on any atom is -0.350 e. The minimum absolute atomic E-state index is 0.0584. The number of benzene rings is 2. The molecule has 25 heavy (non-hydrogen) atoms. The van der Waals surface area contributed by atoms with Crippen molar-refractivity contribution in [3.05, 3.63) is 76.9 Å². The first-order valence-corrected chi connectivity index (χ1v) is 8.59. The van der Waals surface area contributed by atoms with Crippen molar-refractivity contribution in [1.82, 2.24) is 15.1 Å². The van der Waals surface area contributed by atoms with E-state index >= 15 is 0 Å². The topological polar surface area (TPSA) is 46.9 Å². The summed E-state index contributed by atoms with van der Waals surface area (Å²) in [5.41, 5.74) is 3.21. The third-order valence-corrected chi connectivity index (χ3v) is 3.98. The average Bonchev–Trinajstić information content (AvgIpc) is 3.00. The van der Waals surface area contributed by atoms with Gasteiger partial charge in [0.15, 0.2) is 0 Å². The molecule has 0 aliphatic carbocycles. The Bertz CT molecular complexity index is 854. The highest BCUT2D eigenvalue weighted by molar-refractivity contribution is 6.30. The number of nitrogens with zero attached hydrogens (tertiary/aromatic N) is 2. The fraction of sp³-hybridized carbons (Fsp3) is 0.200. The van der Waals surface area contributed by atoms with Gasteiger partial charge in [-0.3, -0.25) is 9.48 Å². The first-order valence-electron chi connectivity index (χ1n) is 8.21. The van der Waals surface area contributed by atoms with Crippen LogP contribution in [0.3, 0.4) is 0 Å². The van der Waals surface area contributed by atoms with Gasteiger partial charge in [0.2, 0.25) is 0 Å². The standard InChI is InChI=1S/C20H20ClN3O/c1-14(2)22-20(25)18-13-24(12-15-6-4-3-5-7-15)23-19(18)16-8-10-17(21)11-9-16/h3-11,13-14H,12H2,1-2H3,(H,22,25). The number of hydrogen-bond donors (Lipinski definition) is 1. The van der Waals surface area contributed by atoms with Crippen LogP contribution in [0.25, 0.3) is 11.3 Å². The van der Waals surface area contributed by atoms with Gasteiger partial charge in [-0.25, -0.2) is 0 Å². The molecule has 0 atom stereocenters. The van der Waals surface area contributed by atoms with E-state index < -0.39 is 0 Å². The Morgan fingerprint density at radius 3 is 2.44 bits per heavy atom. The molecule has 0 fully saturated rings. The highest BCUT2D eigenvalue weighted by Crippen LogP contribution is 2.24. The number of amides is 1. The molecule has 0 saturated heterocycles. The van der Waals surface area contributed by atoms with Crippen molar-refractivity contribution in [2.75, 3.05) is 0 Å². The molecule has 0 spiro atoms. The summed E-state index contributed by atoms with van der Waals surface area (Å²) in [6, 6.07) is 17.5. The number of hydrogen-bond acceptors (Lipinski definition) is 2. The lowest BCUT2D eigenvalue weighted by Gasteiger charge is -2.08. The monoisotopic (exact) mass is 353 g/mol. The van der Waals surface area contributed by atoms with E-state index in [0.717, 1.165) is 11.1 Å². The Balaban J connectivity index is 1.98. The highest BCUT2D eigenvalue weighted by atomic mass is 35.5. The van der Waals surface area contributed by atoms with E-state index in [2.05, 4.69) is 10.4 Å². The van der Waals surface area contributed by atoms with Crippen LogP contribution in [0.1, 0.15) is 29.8 Å². The molecule has 0 saturated carbocycles. The van der Waals surface area contributed by atoms with E-state index in [9.17, 15) is 4.79 Å². The van der Waals surface area contributed by atoms with Gasteiger partial charge in [-0.2, -0.15) is 5.10 Å². The van der Waals surface area contributed by atoms with E-state index in [-0.39, 0.29) is 11.9 Å². The van der Waals surface area contributed by atoms with Gasteiger partial charge in [0, 0.05) is 22.8 Å². The van der Waals surface area contributed by atoms with Gasteiger partial charge in [-0.15, -0.1) is 0 Å². The number of nitrogens with one attached hydrogen (secondary N) is 1. The SMILES string of the molecule is CC(C)NC(=O)c1cn(Cc2ccccc2)nc1-c1ccc(Cl)cc1. The Labute approximate surface area is 152 Å². The van der Waals surface area contributed by atoms with Crippen molar-refractivity contribution in [1.29, 1.82) is 0 Å². The van der Waals surface area contributed by atoms with Crippen molar-refractivity contribution in [2.45, 2.75) is 26.4 Å². The van der Waals surface area contributed by atoms with E-state index in [1.165, 1.54) is 0 Å². The number of aromatic nitrogens is 2. The number of carbonyl (C=O) groups excluding carboxylic acids is 1. The van der Waals surface area contributed by atoms with Crippen molar-refractivity contribution in [3.63, 3.8) is 0 Å². The van der Waals surface area contributed by atoms with Crippen LogP contribution in [0.5, 0.6) is 0 Å². The second-order valence-electron chi connectivity index (χ2n) is 6.21. The second-order valence-corrected chi connectivity index (χ2v) is 6.65. The lowest BCUT2D eigenvalue weighted by Crippen LogP contribution is -2.30. The second kappa shape index (κ2) is 7.53. The normalized spacial score (nSPS) is 10.9.